The fourth-order valence-corrected chi connectivity index (χ4v) is 5.12. The molecule has 1 aliphatic heterocycles. The average Bonchev–Trinajstić information content (AvgIpc) is 3.71. The van der Waals surface area contributed by atoms with Gasteiger partial charge in [0.15, 0.2) is 0 Å². The van der Waals surface area contributed by atoms with Crippen molar-refractivity contribution < 1.29 is 14.3 Å². The lowest BCUT2D eigenvalue weighted by atomic mass is 9.97. The molecule has 34 heavy (non-hydrogen) atoms. The Morgan fingerprint density at radius 2 is 1.65 bits per heavy atom. The number of pyridine rings is 1. The van der Waals surface area contributed by atoms with Crippen molar-refractivity contribution in [1.29, 1.82) is 0 Å². The highest BCUT2D eigenvalue weighted by molar-refractivity contribution is 5.99. The van der Waals surface area contributed by atoms with Crippen LogP contribution in [0.4, 0.5) is 0 Å². The number of nitrogens with zero attached hydrogens (tertiary/aromatic N) is 1. The quantitative estimate of drug-likeness (QED) is 0.640. The number of carbonyl (C=O) groups excluding carboxylic acids is 2. The monoisotopic (exact) mass is 463 g/mol. The zero-order valence-corrected chi connectivity index (χ0v) is 19.6. The molecule has 0 saturated heterocycles. The van der Waals surface area contributed by atoms with E-state index in [0.29, 0.717) is 6.61 Å². The predicted molar refractivity (Wildman–Crippen MR) is 129 cm³/mol. The number of aromatic nitrogens is 1. The van der Waals surface area contributed by atoms with E-state index in [1.165, 1.54) is 18.4 Å². The minimum Gasteiger partial charge on any atom is -0.371 e. The van der Waals surface area contributed by atoms with Crippen LogP contribution in [-0.4, -0.2) is 35.6 Å². The largest absolute Gasteiger partial charge is 0.371 e. The second-order valence-corrected chi connectivity index (χ2v) is 9.77. The van der Waals surface area contributed by atoms with E-state index in [1.807, 2.05) is 22.8 Å². The maximum absolute atomic E-state index is 13.2. The smallest absolute Gasteiger partial charge is 0.256 e. The summed E-state index contributed by atoms with van der Waals surface area (Å²) in [4.78, 5) is 39.4. The van der Waals surface area contributed by atoms with Crippen LogP contribution in [0, 0.1) is 0 Å². The Morgan fingerprint density at radius 1 is 0.941 bits per heavy atom. The van der Waals surface area contributed by atoms with Gasteiger partial charge in [-0.1, -0.05) is 49.9 Å². The van der Waals surface area contributed by atoms with E-state index in [4.69, 9.17) is 4.74 Å². The SMILES string of the molecule is O=C(NC[C@@H]1OCCc2ccccc21)c1cn(C2CC2)cc(C(=O)NC2CCCCCC2)c1=O. The lowest BCUT2D eigenvalue weighted by Crippen LogP contribution is -2.40. The molecule has 2 aromatic rings. The van der Waals surface area contributed by atoms with E-state index < -0.39 is 11.3 Å². The number of benzene rings is 1. The Hall–Kier alpha value is -2.93. The van der Waals surface area contributed by atoms with Gasteiger partial charge in [-0.3, -0.25) is 14.4 Å². The molecule has 2 aliphatic carbocycles. The van der Waals surface area contributed by atoms with E-state index in [-0.39, 0.29) is 41.8 Å². The number of rotatable bonds is 6. The van der Waals surface area contributed by atoms with Crippen molar-refractivity contribution in [2.24, 2.45) is 0 Å². The molecule has 0 spiro atoms. The molecule has 0 bridgehead atoms. The summed E-state index contributed by atoms with van der Waals surface area (Å²) in [6.07, 6.45) is 12.2. The minimum atomic E-state index is -0.509. The number of amides is 2. The van der Waals surface area contributed by atoms with Crippen molar-refractivity contribution in [3.8, 4) is 0 Å². The van der Waals surface area contributed by atoms with Crippen molar-refractivity contribution in [3.05, 3.63) is 69.1 Å². The maximum Gasteiger partial charge on any atom is 0.256 e. The van der Waals surface area contributed by atoms with Gasteiger partial charge in [0.05, 0.1) is 6.61 Å². The van der Waals surface area contributed by atoms with Gasteiger partial charge >= 0.3 is 0 Å². The normalized spacial score (nSPS) is 20.8. The summed E-state index contributed by atoms with van der Waals surface area (Å²) >= 11 is 0. The zero-order chi connectivity index (χ0) is 23.5. The molecule has 5 rings (SSSR count). The molecular formula is C27H33N3O4. The summed E-state index contributed by atoms with van der Waals surface area (Å²) in [5, 5.41) is 5.94. The number of fused-ring (bicyclic) bond motifs is 1. The van der Waals surface area contributed by atoms with Gasteiger partial charge < -0.3 is 19.9 Å². The molecule has 7 nitrogen and oxygen atoms in total. The Bertz CT molecular complexity index is 1110. The van der Waals surface area contributed by atoms with Gasteiger partial charge in [-0.2, -0.15) is 0 Å². The first-order valence-corrected chi connectivity index (χ1v) is 12.6. The van der Waals surface area contributed by atoms with Crippen molar-refractivity contribution >= 4 is 11.8 Å². The second kappa shape index (κ2) is 10.1. The zero-order valence-electron chi connectivity index (χ0n) is 19.6. The molecule has 3 aliphatic rings. The van der Waals surface area contributed by atoms with Crippen LogP contribution in [0.1, 0.15) is 95.4 Å². The number of nitrogens with one attached hydrogen (secondary N) is 2. The molecule has 180 valence electrons. The average molecular weight is 464 g/mol. The van der Waals surface area contributed by atoms with Gasteiger partial charge in [0.1, 0.15) is 17.2 Å². The van der Waals surface area contributed by atoms with Crippen LogP contribution >= 0.6 is 0 Å². The van der Waals surface area contributed by atoms with Crippen LogP contribution in [0.15, 0.2) is 41.5 Å². The van der Waals surface area contributed by atoms with Crippen molar-refractivity contribution in [1.82, 2.24) is 15.2 Å². The maximum atomic E-state index is 13.2. The van der Waals surface area contributed by atoms with E-state index in [2.05, 4.69) is 16.7 Å². The summed E-state index contributed by atoms with van der Waals surface area (Å²) in [7, 11) is 0. The molecule has 2 fully saturated rings. The predicted octanol–water partition coefficient (Wildman–Crippen LogP) is 3.68. The number of hydrogen-bond acceptors (Lipinski definition) is 4. The number of ether oxygens (including phenoxy) is 1. The first-order valence-electron chi connectivity index (χ1n) is 12.6. The van der Waals surface area contributed by atoms with Gasteiger partial charge in [0, 0.05) is 31.0 Å². The third-order valence-corrected chi connectivity index (χ3v) is 7.23. The molecule has 2 amide bonds. The van der Waals surface area contributed by atoms with Gasteiger partial charge in [-0.15, -0.1) is 0 Å². The Morgan fingerprint density at radius 3 is 2.38 bits per heavy atom. The Balaban J connectivity index is 1.34. The van der Waals surface area contributed by atoms with E-state index in [0.717, 1.165) is 50.5 Å². The topological polar surface area (TPSA) is 89.4 Å². The van der Waals surface area contributed by atoms with Crippen LogP contribution in [0.3, 0.4) is 0 Å². The molecule has 1 aromatic carbocycles. The molecule has 2 heterocycles. The minimum absolute atomic E-state index is 0.0181. The summed E-state index contributed by atoms with van der Waals surface area (Å²) in [6, 6.07) is 8.40. The lowest BCUT2D eigenvalue weighted by Gasteiger charge is -2.26. The van der Waals surface area contributed by atoms with Gasteiger partial charge in [-0.05, 0) is 43.2 Å². The molecule has 7 heteroatoms. The summed E-state index contributed by atoms with van der Waals surface area (Å²) < 4.78 is 7.75. The molecule has 2 saturated carbocycles. The highest BCUT2D eigenvalue weighted by atomic mass is 16.5. The van der Waals surface area contributed by atoms with Crippen molar-refractivity contribution in [3.63, 3.8) is 0 Å². The molecule has 1 atom stereocenters. The molecule has 0 radical (unpaired) electrons. The van der Waals surface area contributed by atoms with Crippen LogP contribution < -0.4 is 16.1 Å². The first kappa shape index (κ1) is 22.8. The highest BCUT2D eigenvalue weighted by Gasteiger charge is 2.28. The number of hydrogen-bond donors (Lipinski definition) is 2. The van der Waals surface area contributed by atoms with Crippen molar-refractivity contribution in [2.75, 3.05) is 13.2 Å². The lowest BCUT2D eigenvalue weighted by molar-refractivity contribution is 0.0411. The summed E-state index contributed by atoms with van der Waals surface area (Å²) in [6.45, 7) is 0.875. The molecular weight excluding hydrogens is 430 g/mol. The standard InChI is InChI=1S/C27H33N3O4/c31-25-22(26(32)28-15-24-21-10-6-5-7-18(21)13-14-34-24)16-30(20-11-12-20)17-23(25)27(33)29-19-8-3-1-2-4-9-19/h5-7,10,16-17,19-20,24H,1-4,8-9,11-15H2,(H,28,32)(H,29,33)/t24-/m0/s1. The molecule has 1 aromatic heterocycles. The van der Waals surface area contributed by atoms with Crippen LogP contribution in [0.25, 0.3) is 0 Å². The van der Waals surface area contributed by atoms with Crippen LogP contribution in [-0.2, 0) is 11.2 Å². The third kappa shape index (κ3) is 5.09. The van der Waals surface area contributed by atoms with Gasteiger partial charge in [-0.25, -0.2) is 0 Å². The van der Waals surface area contributed by atoms with E-state index in [1.54, 1.807) is 12.4 Å². The fraction of sp³-hybridized carbons (Fsp3) is 0.519. The van der Waals surface area contributed by atoms with Crippen molar-refractivity contribution in [2.45, 2.75) is 76.0 Å². The third-order valence-electron chi connectivity index (χ3n) is 7.23. The Kier molecular flexibility index (Phi) is 6.81. The Labute approximate surface area is 199 Å². The van der Waals surface area contributed by atoms with E-state index >= 15 is 0 Å². The fourth-order valence-electron chi connectivity index (χ4n) is 5.12. The van der Waals surface area contributed by atoms with Crippen LogP contribution in [0.2, 0.25) is 0 Å². The summed E-state index contributed by atoms with van der Waals surface area (Å²) in [5.41, 5.74) is 1.86. The number of carbonyl (C=O) groups is 2. The highest BCUT2D eigenvalue weighted by Crippen LogP contribution is 2.34. The summed E-state index contributed by atoms with van der Waals surface area (Å²) in [5.74, 6) is -0.833. The van der Waals surface area contributed by atoms with Crippen LogP contribution in [0.5, 0.6) is 0 Å². The van der Waals surface area contributed by atoms with Gasteiger partial charge in [0.25, 0.3) is 11.8 Å². The molecule has 0 unspecified atom stereocenters. The first-order chi connectivity index (χ1) is 16.6. The van der Waals surface area contributed by atoms with E-state index in [9.17, 15) is 14.4 Å². The second-order valence-electron chi connectivity index (χ2n) is 9.77. The molecule has 2 N–H and O–H groups in total. The van der Waals surface area contributed by atoms with Gasteiger partial charge in [0.2, 0.25) is 5.43 Å².